The molecule has 3 rings (SSSR count). The molecule has 8 nitrogen and oxygen atoms in total. The second-order valence-electron chi connectivity index (χ2n) is 8.68. The van der Waals surface area contributed by atoms with Crippen LogP contribution in [0.1, 0.15) is 37.7 Å². The molecule has 6 N–H and O–H groups in total. The minimum atomic E-state index is -0.797. The van der Waals surface area contributed by atoms with E-state index in [2.05, 4.69) is 31.9 Å². The number of benzene rings is 3. The zero-order chi connectivity index (χ0) is 26.6. The van der Waals surface area contributed by atoms with E-state index in [0.717, 1.165) is 22.1 Å². The number of aromatic hydroxyl groups is 1. The first kappa shape index (κ1) is 27.9. The highest BCUT2D eigenvalue weighted by molar-refractivity contribution is 9.10. The Bertz CT molecular complexity index is 1220. The van der Waals surface area contributed by atoms with Crippen molar-refractivity contribution in [3.8, 4) is 5.75 Å². The summed E-state index contributed by atoms with van der Waals surface area (Å²) in [5.74, 6) is -0.464. The second kappa shape index (κ2) is 14.2. The SMILES string of the molecule is N[C@@H](Cc1ccc(O)cc1)C(=O)Nc1ccccc1NC(=O)CCCCCC(=O)Nc1cccc(Br)c1. The summed E-state index contributed by atoms with van der Waals surface area (Å²) in [5.41, 5.74) is 8.58. The quantitative estimate of drug-likeness (QED) is 0.192. The molecule has 0 bridgehead atoms. The molecule has 3 aromatic carbocycles. The van der Waals surface area contributed by atoms with Crippen LogP contribution in [0, 0.1) is 0 Å². The van der Waals surface area contributed by atoms with Crippen LogP contribution in [0.15, 0.2) is 77.3 Å². The molecule has 0 unspecified atom stereocenters. The molecular weight excluding hydrogens is 536 g/mol. The predicted octanol–water partition coefficient (Wildman–Crippen LogP) is 5.19. The molecule has 9 heteroatoms. The molecule has 0 fully saturated rings. The summed E-state index contributed by atoms with van der Waals surface area (Å²) in [5, 5.41) is 17.9. The van der Waals surface area contributed by atoms with Crippen LogP contribution >= 0.6 is 15.9 Å². The number of phenols is 1. The Kier molecular flexibility index (Phi) is 10.7. The van der Waals surface area contributed by atoms with Crippen molar-refractivity contribution >= 4 is 50.7 Å². The number of carbonyl (C=O) groups is 3. The van der Waals surface area contributed by atoms with Gasteiger partial charge in [-0.1, -0.05) is 52.7 Å². The molecular formula is C28H31BrN4O4. The Balaban J connectivity index is 1.40. The van der Waals surface area contributed by atoms with Gasteiger partial charge in [0.2, 0.25) is 17.7 Å². The van der Waals surface area contributed by atoms with Crippen LogP contribution in [0.2, 0.25) is 0 Å². The Morgan fingerprint density at radius 3 is 2.05 bits per heavy atom. The normalized spacial score (nSPS) is 11.4. The summed E-state index contributed by atoms with van der Waals surface area (Å²) in [4.78, 5) is 37.2. The van der Waals surface area contributed by atoms with E-state index in [9.17, 15) is 19.5 Å². The molecule has 0 saturated carbocycles. The predicted molar refractivity (Wildman–Crippen MR) is 149 cm³/mol. The van der Waals surface area contributed by atoms with Crippen LogP contribution in [-0.2, 0) is 20.8 Å². The van der Waals surface area contributed by atoms with Crippen molar-refractivity contribution in [3.05, 3.63) is 82.8 Å². The third-order valence-corrected chi connectivity index (χ3v) is 6.10. The van der Waals surface area contributed by atoms with Crippen molar-refractivity contribution in [1.29, 1.82) is 0 Å². The van der Waals surface area contributed by atoms with E-state index < -0.39 is 6.04 Å². The zero-order valence-electron chi connectivity index (χ0n) is 20.4. The minimum absolute atomic E-state index is 0.0594. The Morgan fingerprint density at radius 1 is 0.784 bits per heavy atom. The topological polar surface area (TPSA) is 134 Å². The van der Waals surface area contributed by atoms with Gasteiger partial charge >= 0.3 is 0 Å². The molecule has 0 spiro atoms. The third kappa shape index (κ3) is 9.70. The van der Waals surface area contributed by atoms with Crippen LogP contribution in [0.25, 0.3) is 0 Å². The standard InChI is InChI=1S/C28H31BrN4O4/c29-20-7-6-8-21(18-20)31-26(35)11-2-1-3-12-27(36)32-24-9-4-5-10-25(24)33-28(37)23(30)17-19-13-15-22(34)16-14-19/h4-10,13-16,18,23,34H,1-3,11-12,17,30H2,(H,31,35)(H,32,36)(H,33,37)/t23-/m0/s1. The summed E-state index contributed by atoms with van der Waals surface area (Å²) >= 11 is 3.38. The Labute approximate surface area is 224 Å². The van der Waals surface area contributed by atoms with Gasteiger partial charge in [-0.05, 0) is 67.3 Å². The molecule has 0 heterocycles. The minimum Gasteiger partial charge on any atom is -0.508 e. The number of rotatable bonds is 12. The van der Waals surface area contributed by atoms with Crippen molar-refractivity contribution in [1.82, 2.24) is 0 Å². The van der Waals surface area contributed by atoms with Crippen LogP contribution in [0.3, 0.4) is 0 Å². The summed E-state index contributed by atoms with van der Waals surface area (Å²) in [6, 6.07) is 20.1. The number of nitrogens with one attached hydrogen (secondary N) is 3. The van der Waals surface area contributed by atoms with Gasteiger partial charge in [0.15, 0.2) is 0 Å². The molecule has 194 valence electrons. The summed E-state index contributed by atoms with van der Waals surface area (Å²) in [7, 11) is 0. The van der Waals surface area contributed by atoms with Crippen molar-refractivity contribution in [2.75, 3.05) is 16.0 Å². The number of hydrogen-bond acceptors (Lipinski definition) is 5. The number of phenolic OH excluding ortho intramolecular Hbond substituents is 1. The van der Waals surface area contributed by atoms with Gasteiger partial charge in [-0.15, -0.1) is 0 Å². The average molecular weight is 567 g/mol. The van der Waals surface area contributed by atoms with Gasteiger partial charge in [0.1, 0.15) is 5.75 Å². The van der Waals surface area contributed by atoms with E-state index in [1.807, 2.05) is 24.3 Å². The number of halogens is 1. The third-order valence-electron chi connectivity index (χ3n) is 5.60. The van der Waals surface area contributed by atoms with Crippen molar-refractivity contribution in [3.63, 3.8) is 0 Å². The van der Waals surface area contributed by atoms with E-state index >= 15 is 0 Å². The molecule has 0 aliphatic heterocycles. The van der Waals surface area contributed by atoms with Crippen LogP contribution in [0.4, 0.5) is 17.1 Å². The Morgan fingerprint density at radius 2 is 1.41 bits per heavy atom. The number of amides is 3. The molecule has 3 amide bonds. The number of para-hydroxylation sites is 2. The monoisotopic (exact) mass is 566 g/mol. The summed E-state index contributed by atoms with van der Waals surface area (Å²) < 4.78 is 0.898. The lowest BCUT2D eigenvalue weighted by Gasteiger charge is -2.15. The lowest BCUT2D eigenvalue weighted by molar-refractivity contribution is -0.118. The van der Waals surface area contributed by atoms with Gasteiger partial charge in [-0.25, -0.2) is 0 Å². The maximum Gasteiger partial charge on any atom is 0.241 e. The molecule has 0 aliphatic carbocycles. The first-order valence-electron chi connectivity index (χ1n) is 12.1. The van der Waals surface area contributed by atoms with Gasteiger partial charge < -0.3 is 26.8 Å². The fraction of sp³-hybridized carbons (Fsp3) is 0.250. The Hall–Kier alpha value is -3.69. The largest absolute Gasteiger partial charge is 0.508 e. The fourth-order valence-electron chi connectivity index (χ4n) is 3.66. The highest BCUT2D eigenvalue weighted by Gasteiger charge is 2.16. The summed E-state index contributed by atoms with van der Waals surface area (Å²) in [6.07, 6.45) is 3.05. The zero-order valence-corrected chi connectivity index (χ0v) is 22.0. The average Bonchev–Trinajstić information content (AvgIpc) is 2.86. The lowest BCUT2D eigenvalue weighted by Crippen LogP contribution is -2.37. The van der Waals surface area contributed by atoms with Gasteiger partial charge in [-0.3, -0.25) is 14.4 Å². The maximum absolute atomic E-state index is 12.6. The number of nitrogens with two attached hydrogens (primary N) is 1. The molecule has 0 saturated heterocycles. The van der Waals surface area contributed by atoms with Crippen LogP contribution in [-0.4, -0.2) is 28.9 Å². The number of unbranched alkanes of at least 4 members (excludes halogenated alkanes) is 2. The number of carbonyl (C=O) groups excluding carboxylic acids is 3. The fourth-order valence-corrected chi connectivity index (χ4v) is 4.05. The molecule has 0 aromatic heterocycles. The molecule has 1 atom stereocenters. The molecule has 0 radical (unpaired) electrons. The first-order valence-corrected chi connectivity index (χ1v) is 12.9. The van der Waals surface area contributed by atoms with E-state index in [4.69, 9.17) is 5.73 Å². The van der Waals surface area contributed by atoms with Gasteiger partial charge in [0.25, 0.3) is 0 Å². The van der Waals surface area contributed by atoms with E-state index in [-0.39, 0.29) is 23.5 Å². The highest BCUT2D eigenvalue weighted by Crippen LogP contribution is 2.22. The number of hydrogen-bond donors (Lipinski definition) is 5. The van der Waals surface area contributed by atoms with Crippen LogP contribution < -0.4 is 21.7 Å². The summed E-state index contributed by atoms with van der Waals surface area (Å²) in [6.45, 7) is 0. The van der Waals surface area contributed by atoms with Crippen molar-refractivity contribution in [2.45, 2.75) is 44.6 Å². The number of anilines is 3. The van der Waals surface area contributed by atoms with Crippen molar-refractivity contribution < 1.29 is 19.5 Å². The molecule has 0 aliphatic rings. The molecule has 37 heavy (non-hydrogen) atoms. The lowest BCUT2D eigenvalue weighted by atomic mass is 10.1. The maximum atomic E-state index is 12.6. The van der Waals surface area contributed by atoms with E-state index in [0.29, 0.717) is 43.5 Å². The van der Waals surface area contributed by atoms with Crippen LogP contribution in [0.5, 0.6) is 5.75 Å². The van der Waals surface area contributed by atoms with Crippen molar-refractivity contribution in [2.24, 2.45) is 5.73 Å². The first-order chi connectivity index (χ1) is 17.8. The molecule has 3 aromatic rings. The highest BCUT2D eigenvalue weighted by atomic mass is 79.9. The van der Waals surface area contributed by atoms with Gasteiger partial charge in [-0.2, -0.15) is 0 Å². The van der Waals surface area contributed by atoms with E-state index in [1.54, 1.807) is 48.5 Å². The second-order valence-corrected chi connectivity index (χ2v) is 9.59. The smallest absolute Gasteiger partial charge is 0.241 e. The van der Waals surface area contributed by atoms with Gasteiger partial charge in [0, 0.05) is 23.0 Å². The van der Waals surface area contributed by atoms with E-state index in [1.165, 1.54) is 0 Å². The van der Waals surface area contributed by atoms with Gasteiger partial charge in [0.05, 0.1) is 17.4 Å².